The molecule has 0 unspecified atom stereocenters. The molecule has 0 bridgehead atoms. The minimum absolute atomic E-state index is 0.0255. The number of hydrogen-bond acceptors (Lipinski definition) is 7. The molecule has 40 heavy (non-hydrogen) atoms. The molecule has 1 amide bonds. The van der Waals surface area contributed by atoms with Crippen molar-refractivity contribution in [2.75, 3.05) is 19.7 Å². The highest BCUT2D eigenvalue weighted by Gasteiger charge is 2.32. The van der Waals surface area contributed by atoms with Crippen LogP contribution in [0.5, 0.6) is 5.75 Å². The molecular weight excluding hydrogens is 506 g/mol. The van der Waals surface area contributed by atoms with Gasteiger partial charge >= 0.3 is 5.97 Å². The summed E-state index contributed by atoms with van der Waals surface area (Å²) in [6.45, 7) is 15.3. The summed E-state index contributed by atoms with van der Waals surface area (Å²) >= 11 is 0. The van der Waals surface area contributed by atoms with Crippen molar-refractivity contribution >= 4 is 11.9 Å². The van der Waals surface area contributed by atoms with Crippen molar-refractivity contribution in [2.45, 2.75) is 80.0 Å². The maximum absolute atomic E-state index is 12.8. The van der Waals surface area contributed by atoms with E-state index >= 15 is 0 Å². The van der Waals surface area contributed by atoms with Gasteiger partial charge in [0, 0.05) is 25.2 Å². The predicted molar refractivity (Wildman–Crippen MR) is 156 cm³/mol. The largest absolute Gasteiger partial charge is 0.476 e. The number of carbonyl (C=O) groups is 2. The van der Waals surface area contributed by atoms with Crippen molar-refractivity contribution in [3.8, 4) is 17.2 Å². The van der Waals surface area contributed by atoms with Gasteiger partial charge in [0.25, 0.3) is 0 Å². The van der Waals surface area contributed by atoms with Crippen LogP contribution >= 0.6 is 0 Å². The van der Waals surface area contributed by atoms with Gasteiger partial charge in [-0.15, -0.1) is 0 Å². The molecule has 0 saturated carbocycles. The van der Waals surface area contributed by atoms with E-state index in [2.05, 4.69) is 17.1 Å². The topological polar surface area (TPSA) is 93.9 Å². The molecule has 0 saturated heterocycles. The zero-order valence-electron chi connectivity index (χ0n) is 24.9. The van der Waals surface area contributed by atoms with Crippen molar-refractivity contribution in [2.24, 2.45) is 0 Å². The summed E-state index contributed by atoms with van der Waals surface area (Å²) in [6, 6.07) is 13.9. The van der Waals surface area contributed by atoms with Gasteiger partial charge in [-0.3, -0.25) is 9.69 Å². The molecule has 216 valence electrons. The van der Waals surface area contributed by atoms with Gasteiger partial charge in [-0.25, -0.2) is 9.78 Å². The van der Waals surface area contributed by atoms with Crippen LogP contribution in [0.25, 0.3) is 11.5 Å². The van der Waals surface area contributed by atoms with Gasteiger partial charge in [-0.1, -0.05) is 43.7 Å². The fraction of sp³-hybridized carbons (Fsp3) is 0.469. The Morgan fingerprint density at radius 3 is 2.33 bits per heavy atom. The number of rotatable bonds is 14. The lowest BCUT2D eigenvalue weighted by Crippen LogP contribution is -2.40. The molecular formula is C32H43N3O5. The van der Waals surface area contributed by atoms with Crippen LogP contribution in [-0.4, -0.2) is 47.1 Å². The van der Waals surface area contributed by atoms with Gasteiger partial charge in [0.2, 0.25) is 11.8 Å². The van der Waals surface area contributed by atoms with E-state index in [1.54, 1.807) is 20.8 Å². The molecule has 1 aromatic heterocycles. The molecule has 1 heterocycles. The van der Waals surface area contributed by atoms with Gasteiger partial charge in [0.05, 0.1) is 18.8 Å². The third-order valence-electron chi connectivity index (χ3n) is 6.56. The van der Waals surface area contributed by atoms with E-state index in [1.807, 2.05) is 63.2 Å². The average molecular weight is 550 g/mol. The number of nitrogens with zero attached hydrogens (tertiary/aromatic N) is 2. The standard InChI is InChI=1S/C32H43N3O5/c1-8-10-16-33-28(36)21-35(20-27-24(5)39-30(34-27)26-14-12-11-13-15-26)19-25-17-22(3)29(23(4)18-25)40-32(6,7)31(37)38-9-2/h11-15,17-18H,8-10,16,19-21H2,1-7H3,(H,33,36). The van der Waals surface area contributed by atoms with E-state index in [0.717, 1.165) is 46.5 Å². The Morgan fingerprint density at radius 2 is 1.70 bits per heavy atom. The summed E-state index contributed by atoms with van der Waals surface area (Å²) in [5.74, 6) is 1.52. The van der Waals surface area contributed by atoms with Crippen LogP contribution in [0.15, 0.2) is 46.9 Å². The number of carbonyl (C=O) groups excluding carboxylic acids is 2. The first kappa shape index (κ1) is 30.9. The molecule has 0 atom stereocenters. The maximum Gasteiger partial charge on any atom is 0.349 e. The van der Waals surface area contributed by atoms with Crippen LogP contribution in [0.4, 0.5) is 0 Å². The van der Waals surface area contributed by atoms with E-state index in [4.69, 9.17) is 18.9 Å². The molecule has 0 radical (unpaired) electrons. The fourth-order valence-corrected chi connectivity index (χ4v) is 4.47. The maximum atomic E-state index is 12.8. The second-order valence-electron chi connectivity index (χ2n) is 10.6. The molecule has 0 spiro atoms. The highest BCUT2D eigenvalue weighted by molar-refractivity contribution is 5.79. The molecule has 2 aromatic carbocycles. The van der Waals surface area contributed by atoms with Crippen molar-refractivity contribution in [3.63, 3.8) is 0 Å². The first-order valence-electron chi connectivity index (χ1n) is 14.0. The monoisotopic (exact) mass is 549 g/mol. The van der Waals surface area contributed by atoms with Crippen LogP contribution < -0.4 is 10.1 Å². The third kappa shape index (κ3) is 8.42. The Hall–Kier alpha value is -3.65. The second kappa shape index (κ2) is 14.1. The van der Waals surface area contributed by atoms with E-state index < -0.39 is 11.6 Å². The number of benzene rings is 2. The van der Waals surface area contributed by atoms with Gasteiger partial charge in [0.15, 0.2) is 5.60 Å². The summed E-state index contributed by atoms with van der Waals surface area (Å²) < 4.78 is 17.3. The molecule has 0 aliphatic carbocycles. The number of aryl methyl sites for hydroxylation is 3. The zero-order chi connectivity index (χ0) is 29.3. The molecule has 0 aliphatic heterocycles. The fourth-order valence-electron chi connectivity index (χ4n) is 4.47. The van der Waals surface area contributed by atoms with Crippen LogP contribution in [0, 0.1) is 20.8 Å². The summed E-state index contributed by atoms with van der Waals surface area (Å²) in [7, 11) is 0. The summed E-state index contributed by atoms with van der Waals surface area (Å²) in [4.78, 5) is 32.0. The van der Waals surface area contributed by atoms with Crippen LogP contribution in [0.1, 0.15) is 68.7 Å². The van der Waals surface area contributed by atoms with E-state index in [1.165, 1.54) is 0 Å². The average Bonchev–Trinajstić information content (AvgIpc) is 3.27. The summed E-state index contributed by atoms with van der Waals surface area (Å²) in [5.41, 5.74) is 3.43. The lowest BCUT2D eigenvalue weighted by molar-refractivity contribution is -0.158. The number of hydrogen-bond donors (Lipinski definition) is 1. The number of esters is 1. The first-order chi connectivity index (χ1) is 19.0. The molecule has 1 N–H and O–H groups in total. The Bertz CT molecular complexity index is 1260. The third-order valence-corrected chi connectivity index (χ3v) is 6.56. The van der Waals surface area contributed by atoms with Crippen molar-refractivity contribution in [3.05, 3.63) is 70.6 Å². The number of oxazole rings is 1. The molecule has 8 heteroatoms. The van der Waals surface area contributed by atoms with Gasteiger partial charge in [-0.2, -0.15) is 0 Å². The van der Waals surface area contributed by atoms with Crippen LogP contribution in [-0.2, 0) is 27.4 Å². The lowest BCUT2D eigenvalue weighted by atomic mass is 10.0. The molecule has 3 rings (SSSR count). The quantitative estimate of drug-likeness (QED) is 0.197. The minimum Gasteiger partial charge on any atom is -0.476 e. The van der Waals surface area contributed by atoms with Crippen molar-refractivity contribution in [1.29, 1.82) is 0 Å². The minimum atomic E-state index is -1.11. The highest BCUT2D eigenvalue weighted by atomic mass is 16.6. The SMILES string of the molecule is CCCCNC(=O)CN(Cc1cc(C)c(OC(C)(C)C(=O)OCC)c(C)c1)Cc1nc(-c2ccccc2)oc1C. The van der Waals surface area contributed by atoms with Gasteiger partial charge < -0.3 is 19.2 Å². The molecule has 8 nitrogen and oxygen atoms in total. The van der Waals surface area contributed by atoms with Crippen LogP contribution in [0.3, 0.4) is 0 Å². The molecule has 3 aromatic rings. The smallest absolute Gasteiger partial charge is 0.349 e. The van der Waals surface area contributed by atoms with Crippen LogP contribution in [0.2, 0.25) is 0 Å². The predicted octanol–water partition coefficient (Wildman–Crippen LogP) is 5.91. The Balaban J connectivity index is 1.83. The summed E-state index contributed by atoms with van der Waals surface area (Å²) in [5, 5.41) is 3.02. The summed E-state index contributed by atoms with van der Waals surface area (Å²) in [6.07, 6.45) is 1.96. The number of ether oxygens (including phenoxy) is 2. The molecule has 0 aliphatic rings. The Kier molecular flexibility index (Phi) is 10.9. The number of unbranched alkanes of at least 4 members (excludes halogenated alkanes) is 1. The van der Waals surface area contributed by atoms with E-state index in [0.29, 0.717) is 37.9 Å². The Morgan fingerprint density at radius 1 is 1.02 bits per heavy atom. The van der Waals surface area contributed by atoms with E-state index in [9.17, 15) is 9.59 Å². The highest BCUT2D eigenvalue weighted by Crippen LogP contribution is 2.30. The van der Waals surface area contributed by atoms with E-state index in [-0.39, 0.29) is 12.5 Å². The van der Waals surface area contributed by atoms with Crippen molar-refractivity contribution < 1.29 is 23.5 Å². The zero-order valence-corrected chi connectivity index (χ0v) is 24.9. The van der Waals surface area contributed by atoms with Crippen molar-refractivity contribution in [1.82, 2.24) is 15.2 Å². The number of aromatic nitrogens is 1. The normalized spacial score (nSPS) is 11.5. The van der Waals surface area contributed by atoms with Gasteiger partial charge in [0.1, 0.15) is 11.5 Å². The number of amides is 1. The Labute approximate surface area is 238 Å². The first-order valence-corrected chi connectivity index (χ1v) is 14.0. The number of nitrogens with one attached hydrogen (secondary N) is 1. The molecule has 0 fully saturated rings. The van der Waals surface area contributed by atoms with Gasteiger partial charge in [-0.05, 0) is 76.8 Å². The lowest BCUT2D eigenvalue weighted by Gasteiger charge is -2.27. The second-order valence-corrected chi connectivity index (χ2v) is 10.6.